The Morgan fingerprint density at radius 2 is 1.43 bits per heavy atom. The van der Waals surface area contributed by atoms with E-state index in [0.717, 1.165) is 18.2 Å². The fraction of sp³-hybridized carbons (Fsp3) is 0.333. The van der Waals surface area contributed by atoms with Crippen molar-refractivity contribution in [1.29, 1.82) is 5.26 Å². The Morgan fingerprint density at radius 3 is 1.83 bits per heavy atom. The number of hydrogen-bond acceptors (Lipinski definition) is 6. The smallest absolute Gasteiger partial charge is 0.327 e. The van der Waals surface area contributed by atoms with Gasteiger partial charge in [-0.25, -0.2) is 8.78 Å². The molecule has 9 heteroatoms. The van der Waals surface area contributed by atoms with Gasteiger partial charge in [-0.05, 0) is 60.4 Å². The highest BCUT2D eigenvalue weighted by Gasteiger charge is 2.18. The van der Waals surface area contributed by atoms with E-state index in [1.54, 1.807) is 26.0 Å². The fourth-order valence-corrected chi connectivity index (χ4v) is 2.22. The van der Waals surface area contributed by atoms with Crippen LogP contribution in [0.3, 0.4) is 0 Å². The van der Waals surface area contributed by atoms with Gasteiger partial charge in [-0.3, -0.25) is 4.79 Å². The normalized spacial score (nSPS) is 10.8. The number of aryl methyl sites for hydroxylation is 2. The summed E-state index contributed by atoms with van der Waals surface area (Å²) in [5.41, 5.74) is 13.6. The second-order valence-electron chi connectivity index (χ2n) is 5.61. The Labute approximate surface area is 182 Å². The minimum absolute atomic E-state index is 0. The second kappa shape index (κ2) is 16.3. The van der Waals surface area contributed by atoms with Gasteiger partial charge in [0.25, 0.3) is 0 Å². The minimum atomic E-state index is -0.921. The SMILES string of the molecule is C.CO.COC(=O)C(N)c1cc(F)ccc1C.Cc1ccc(F)cc1C(N)C#N.Cl. The molecule has 0 saturated heterocycles. The number of halogens is 3. The number of esters is 1. The molecule has 2 rings (SSSR count). The zero-order chi connectivity index (χ0) is 21.9. The summed E-state index contributed by atoms with van der Waals surface area (Å²) in [6.07, 6.45) is 0. The Hall–Kier alpha value is -2.57. The van der Waals surface area contributed by atoms with Crippen LogP contribution in [0.1, 0.15) is 41.8 Å². The Balaban J connectivity index is -0.000000426. The summed E-state index contributed by atoms with van der Waals surface area (Å²) >= 11 is 0. The molecule has 0 radical (unpaired) electrons. The van der Waals surface area contributed by atoms with Crippen molar-refractivity contribution >= 4 is 18.4 Å². The first-order valence-electron chi connectivity index (χ1n) is 8.16. The monoisotopic (exact) mass is 445 g/mol. The summed E-state index contributed by atoms with van der Waals surface area (Å²) in [7, 11) is 2.25. The van der Waals surface area contributed by atoms with Gasteiger partial charge in [-0.15, -0.1) is 12.4 Å². The quantitative estimate of drug-likeness (QED) is 0.620. The Bertz CT molecular complexity index is 830. The molecule has 0 aliphatic carbocycles. The Morgan fingerprint density at radius 1 is 1.03 bits per heavy atom. The number of hydrogen-bond donors (Lipinski definition) is 3. The highest BCUT2D eigenvalue weighted by atomic mass is 35.5. The van der Waals surface area contributed by atoms with Crippen molar-refractivity contribution in [3.8, 4) is 6.07 Å². The van der Waals surface area contributed by atoms with Crippen molar-refractivity contribution in [2.45, 2.75) is 33.4 Å². The second-order valence-corrected chi connectivity index (χ2v) is 5.61. The lowest BCUT2D eigenvalue weighted by atomic mass is 10.0. The summed E-state index contributed by atoms with van der Waals surface area (Å²) in [4.78, 5) is 11.1. The first-order valence-corrected chi connectivity index (χ1v) is 8.16. The van der Waals surface area contributed by atoms with Crippen molar-refractivity contribution < 1.29 is 23.4 Å². The van der Waals surface area contributed by atoms with Gasteiger partial charge in [0.1, 0.15) is 23.7 Å². The molecule has 0 aliphatic rings. The number of carbonyl (C=O) groups is 1. The topological polar surface area (TPSA) is 122 Å². The summed E-state index contributed by atoms with van der Waals surface area (Å²) < 4.78 is 30.0. The van der Waals surface area contributed by atoms with Crippen LogP contribution in [-0.4, -0.2) is 25.3 Å². The fourth-order valence-electron chi connectivity index (χ4n) is 2.22. The third kappa shape index (κ3) is 9.76. The maximum atomic E-state index is 12.9. The zero-order valence-electron chi connectivity index (χ0n) is 16.6. The van der Waals surface area contributed by atoms with Gasteiger partial charge in [0.2, 0.25) is 0 Å². The predicted octanol–water partition coefficient (Wildman–Crippen LogP) is 3.63. The van der Waals surface area contributed by atoms with Gasteiger partial charge in [-0.2, -0.15) is 5.26 Å². The number of carbonyl (C=O) groups excluding carboxylic acids is 1. The van der Waals surface area contributed by atoms with E-state index in [0.29, 0.717) is 11.1 Å². The van der Waals surface area contributed by atoms with Crippen LogP contribution < -0.4 is 11.5 Å². The molecule has 2 atom stereocenters. The number of methoxy groups -OCH3 is 1. The highest BCUT2D eigenvalue weighted by Crippen LogP contribution is 2.18. The predicted molar refractivity (Wildman–Crippen MR) is 116 cm³/mol. The van der Waals surface area contributed by atoms with Crippen molar-refractivity contribution in [3.63, 3.8) is 0 Å². The maximum Gasteiger partial charge on any atom is 0.327 e. The molecule has 5 N–H and O–H groups in total. The molecule has 0 amide bonds. The van der Waals surface area contributed by atoms with Crippen molar-refractivity contribution in [2.24, 2.45) is 11.5 Å². The van der Waals surface area contributed by atoms with Gasteiger partial charge in [0.05, 0.1) is 13.2 Å². The van der Waals surface area contributed by atoms with E-state index in [-0.39, 0.29) is 25.7 Å². The molecular formula is C21H30ClF2N3O3. The molecule has 30 heavy (non-hydrogen) atoms. The van der Waals surface area contributed by atoms with Gasteiger partial charge in [0, 0.05) is 7.11 Å². The lowest BCUT2D eigenvalue weighted by Gasteiger charge is -2.12. The number of nitrogens with two attached hydrogens (primary N) is 2. The lowest BCUT2D eigenvalue weighted by Crippen LogP contribution is -2.23. The molecule has 2 unspecified atom stereocenters. The molecule has 0 bridgehead atoms. The number of nitrogens with zero attached hydrogens (tertiary/aromatic N) is 1. The molecule has 0 aromatic heterocycles. The highest BCUT2D eigenvalue weighted by molar-refractivity contribution is 5.85. The van der Waals surface area contributed by atoms with Crippen LogP contribution in [0.15, 0.2) is 36.4 Å². The summed E-state index contributed by atoms with van der Waals surface area (Å²) in [5, 5.41) is 15.5. The third-order valence-electron chi connectivity index (χ3n) is 3.75. The molecule has 6 nitrogen and oxygen atoms in total. The van der Waals surface area contributed by atoms with Gasteiger partial charge < -0.3 is 21.3 Å². The van der Waals surface area contributed by atoms with E-state index < -0.39 is 23.9 Å². The molecule has 0 aliphatic heterocycles. The average Bonchev–Trinajstić information content (AvgIpc) is 2.71. The van der Waals surface area contributed by atoms with Gasteiger partial charge in [0.15, 0.2) is 0 Å². The van der Waals surface area contributed by atoms with E-state index >= 15 is 0 Å². The molecule has 2 aromatic carbocycles. The van der Waals surface area contributed by atoms with Gasteiger partial charge >= 0.3 is 5.97 Å². The zero-order valence-corrected chi connectivity index (χ0v) is 17.5. The molecule has 2 aromatic rings. The van der Waals surface area contributed by atoms with Crippen molar-refractivity contribution in [2.75, 3.05) is 14.2 Å². The maximum absolute atomic E-state index is 12.9. The van der Waals surface area contributed by atoms with Crippen LogP contribution in [-0.2, 0) is 9.53 Å². The number of benzene rings is 2. The molecule has 0 saturated carbocycles. The average molecular weight is 446 g/mol. The summed E-state index contributed by atoms with van der Waals surface area (Å²) in [6, 6.07) is 8.61. The van der Waals surface area contributed by atoms with Crippen LogP contribution in [0, 0.1) is 36.8 Å². The summed E-state index contributed by atoms with van der Waals surface area (Å²) in [5.74, 6) is -1.34. The number of aliphatic hydroxyl groups excluding tert-OH is 1. The Kier molecular flexibility index (Phi) is 17.4. The van der Waals surface area contributed by atoms with E-state index in [4.69, 9.17) is 21.8 Å². The van der Waals surface area contributed by atoms with Crippen LogP contribution in [0.4, 0.5) is 8.78 Å². The first kappa shape index (κ1) is 32.1. The lowest BCUT2D eigenvalue weighted by molar-refractivity contribution is -0.142. The largest absolute Gasteiger partial charge is 0.468 e. The number of rotatable bonds is 3. The van der Waals surface area contributed by atoms with Gasteiger partial charge in [-0.1, -0.05) is 19.6 Å². The van der Waals surface area contributed by atoms with Crippen LogP contribution in [0.25, 0.3) is 0 Å². The first-order chi connectivity index (χ1) is 13.2. The number of aliphatic hydroxyl groups is 1. The van der Waals surface area contributed by atoms with Crippen molar-refractivity contribution in [1.82, 2.24) is 0 Å². The standard InChI is InChI=1S/C10H12FNO2.C9H9FN2.CH4O.CH4.ClH/c1-6-3-4-7(11)5-8(6)9(12)10(13)14-2;1-6-2-3-7(10)4-8(6)9(12)5-11;1-2;;/h3-5,9H,12H2,1-2H3;2-4,9H,12H2,1H3;2H,1H3;1H4;1H. The van der Waals surface area contributed by atoms with E-state index in [1.807, 2.05) is 6.07 Å². The molecule has 168 valence electrons. The molecule has 0 spiro atoms. The van der Waals surface area contributed by atoms with Crippen LogP contribution in [0.5, 0.6) is 0 Å². The number of ether oxygens (including phenoxy) is 1. The van der Waals surface area contributed by atoms with E-state index in [2.05, 4.69) is 4.74 Å². The van der Waals surface area contributed by atoms with Crippen molar-refractivity contribution in [3.05, 3.63) is 70.3 Å². The van der Waals surface area contributed by atoms with Crippen LogP contribution >= 0.6 is 12.4 Å². The van der Waals surface area contributed by atoms with E-state index in [1.165, 1.54) is 31.4 Å². The molecule has 0 fully saturated rings. The van der Waals surface area contributed by atoms with E-state index in [9.17, 15) is 13.6 Å². The van der Waals surface area contributed by atoms with Crippen LogP contribution in [0.2, 0.25) is 0 Å². The molecule has 0 heterocycles. The number of nitriles is 1. The minimum Gasteiger partial charge on any atom is -0.468 e. The third-order valence-corrected chi connectivity index (χ3v) is 3.75. The molecular weight excluding hydrogens is 416 g/mol. The summed E-state index contributed by atoms with van der Waals surface area (Å²) in [6.45, 7) is 3.56.